The molecular formula is C23H29ClN5O4S+. The van der Waals surface area contributed by atoms with Crippen molar-refractivity contribution in [2.75, 3.05) is 40.3 Å². The normalized spacial score (nSPS) is 27.0. The van der Waals surface area contributed by atoms with Crippen LogP contribution in [0.15, 0.2) is 22.7 Å². The fourth-order valence-corrected chi connectivity index (χ4v) is 6.98. The van der Waals surface area contributed by atoms with E-state index in [9.17, 15) is 14.4 Å². The Kier molecular flexibility index (Phi) is 6.04. The van der Waals surface area contributed by atoms with E-state index in [1.54, 1.807) is 0 Å². The second kappa shape index (κ2) is 8.75. The Bertz CT molecular complexity index is 1130. The number of primary amides is 1. The van der Waals surface area contributed by atoms with Gasteiger partial charge >= 0.3 is 0 Å². The van der Waals surface area contributed by atoms with E-state index in [4.69, 9.17) is 21.9 Å². The van der Waals surface area contributed by atoms with Crippen LogP contribution < -0.4 is 5.73 Å². The summed E-state index contributed by atoms with van der Waals surface area (Å²) in [6.45, 7) is 2.05. The van der Waals surface area contributed by atoms with Gasteiger partial charge in [0.25, 0.3) is 5.91 Å². The van der Waals surface area contributed by atoms with Crippen molar-refractivity contribution in [3.63, 3.8) is 0 Å². The van der Waals surface area contributed by atoms with Crippen molar-refractivity contribution in [1.82, 2.24) is 15.0 Å². The highest BCUT2D eigenvalue weighted by Crippen LogP contribution is 2.53. The molecule has 0 aliphatic carbocycles. The van der Waals surface area contributed by atoms with Gasteiger partial charge in [-0.15, -0.1) is 11.3 Å². The first-order chi connectivity index (χ1) is 16.2. The monoisotopic (exact) mass is 506 g/mol. The molecule has 11 heteroatoms. The number of rotatable bonds is 8. The molecule has 2 aromatic rings. The lowest BCUT2D eigenvalue weighted by molar-refractivity contribution is -0.882. The van der Waals surface area contributed by atoms with Crippen LogP contribution in [0.4, 0.5) is 0 Å². The number of quaternary nitrogens is 1. The predicted octanol–water partition coefficient (Wildman–Crippen LogP) is 2.13. The Morgan fingerprint density at radius 1 is 1.29 bits per heavy atom. The summed E-state index contributed by atoms with van der Waals surface area (Å²) in [4.78, 5) is 42.9. The number of amides is 3. The molecule has 34 heavy (non-hydrogen) atoms. The van der Waals surface area contributed by atoms with E-state index in [0.29, 0.717) is 39.8 Å². The predicted molar refractivity (Wildman–Crippen MR) is 127 cm³/mol. The van der Waals surface area contributed by atoms with E-state index in [1.165, 1.54) is 16.2 Å². The van der Waals surface area contributed by atoms with Gasteiger partial charge in [0.1, 0.15) is 5.69 Å². The Labute approximate surface area is 207 Å². The molecule has 2 N–H and O–H groups in total. The Morgan fingerprint density at radius 2 is 2.06 bits per heavy atom. The molecule has 182 valence electrons. The molecule has 3 aliphatic heterocycles. The number of fused-ring (bicyclic) bond motifs is 3. The number of hydrogen-bond donors (Lipinski definition) is 1. The molecule has 3 saturated heterocycles. The first-order valence-corrected chi connectivity index (χ1v) is 12.8. The van der Waals surface area contributed by atoms with Crippen molar-refractivity contribution in [1.29, 1.82) is 0 Å². The summed E-state index contributed by atoms with van der Waals surface area (Å²) in [5.41, 5.74) is 6.04. The molecule has 0 saturated carbocycles. The maximum Gasteiger partial charge on any atom is 0.272 e. The lowest BCUT2D eigenvalue weighted by atomic mass is 9.86. The van der Waals surface area contributed by atoms with Crippen molar-refractivity contribution in [3.8, 4) is 10.6 Å². The van der Waals surface area contributed by atoms with Crippen molar-refractivity contribution in [2.45, 2.75) is 31.3 Å². The summed E-state index contributed by atoms with van der Waals surface area (Å²) < 4.78 is 6.71. The maximum absolute atomic E-state index is 13.6. The summed E-state index contributed by atoms with van der Waals surface area (Å²) >= 11 is 7.48. The van der Waals surface area contributed by atoms with Gasteiger partial charge in [-0.25, -0.2) is 0 Å². The zero-order valence-electron chi connectivity index (χ0n) is 19.3. The Morgan fingerprint density at radius 3 is 2.76 bits per heavy atom. The summed E-state index contributed by atoms with van der Waals surface area (Å²) in [7, 11) is 3.84. The molecule has 5 heterocycles. The molecule has 0 bridgehead atoms. The summed E-state index contributed by atoms with van der Waals surface area (Å²) in [6, 6.07) is 5.36. The number of imide groups is 1. The third kappa shape index (κ3) is 4.06. The summed E-state index contributed by atoms with van der Waals surface area (Å²) in [5.74, 6) is -0.745. The Hall–Kier alpha value is -2.27. The zero-order chi connectivity index (χ0) is 24.2. The van der Waals surface area contributed by atoms with Gasteiger partial charge in [0.15, 0.2) is 12.3 Å². The van der Waals surface area contributed by atoms with Gasteiger partial charge in [0, 0.05) is 25.1 Å². The van der Waals surface area contributed by atoms with Gasteiger partial charge in [-0.2, -0.15) is 0 Å². The molecule has 4 atom stereocenters. The van der Waals surface area contributed by atoms with Gasteiger partial charge < -0.3 is 14.7 Å². The second-order valence-corrected chi connectivity index (χ2v) is 11.8. The van der Waals surface area contributed by atoms with Crippen molar-refractivity contribution in [2.24, 2.45) is 17.6 Å². The molecule has 9 nitrogen and oxygen atoms in total. The van der Waals surface area contributed by atoms with Crippen LogP contribution >= 0.6 is 22.9 Å². The highest BCUT2D eigenvalue weighted by Gasteiger charge is 2.63. The van der Waals surface area contributed by atoms with Crippen LogP contribution in [0.3, 0.4) is 0 Å². The van der Waals surface area contributed by atoms with Gasteiger partial charge in [-0.3, -0.25) is 24.2 Å². The topological polar surface area (TPSA) is 110 Å². The molecule has 0 radical (unpaired) electrons. The van der Waals surface area contributed by atoms with E-state index in [-0.39, 0.29) is 42.3 Å². The summed E-state index contributed by atoms with van der Waals surface area (Å²) in [6.07, 6.45) is 2.51. The van der Waals surface area contributed by atoms with Crippen molar-refractivity contribution in [3.05, 3.63) is 28.2 Å². The quantitative estimate of drug-likeness (QED) is 0.434. The number of carbonyl (C=O) groups excluding carboxylic acids is 3. The van der Waals surface area contributed by atoms with Gasteiger partial charge in [0.05, 0.1) is 47.7 Å². The molecule has 0 unspecified atom stereocenters. The minimum atomic E-state index is -0.448. The largest absolute Gasteiger partial charge is 0.365 e. The number of aromatic nitrogens is 1. The SMILES string of the molecule is C[N+](C)(CCCN1C(=O)[C@@H]2[C@H](C1=O)[C@H](c1cc(-c3ccc(Cl)s3)on1)N1CCC[C@@H]21)CC(N)=O. The van der Waals surface area contributed by atoms with Crippen LogP contribution in [-0.2, 0) is 14.4 Å². The molecule has 3 aliphatic rings. The lowest BCUT2D eigenvalue weighted by Crippen LogP contribution is -2.48. The molecule has 2 aromatic heterocycles. The lowest BCUT2D eigenvalue weighted by Gasteiger charge is -2.30. The van der Waals surface area contributed by atoms with E-state index < -0.39 is 5.92 Å². The van der Waals surface area contributed by atoms with Gasteiger partial charge in [-0.05, 0) is 31.5 Å². The standard InChI is InChI=1S/C23H28ClN5O4S/c1-29(2,12-18(25)30)10-4-9-28-22(31)19-14-5-3-8-27(14)21(20(19)23(28)32)13-11-15(33-26-13)16-6-7-17(24)34-16/h6-7,11,14,19-21H,3-5,8-10,12H2,1-2H3,(H-,25,30)/p+1/t14-,19-,20-,21-/m0/s1. The maximum atomic E-state index is 13.6. The summed E-state index contributed by atoms with van der Waals surface area (Å²) in [5, 5.41) is 4.33. The van der Waals surface area contributed by atoms with E-state index in [2.05, 4.69) is 10.1 Å². The van der Waals surface area contributed by atoms with Gasteiger partial charge in [0.2, 0.25) is 11.8 Å². The Balaban J connectivity index is 1.35. The number of carbonyl (C=O) groups is 3. The van der Waals surface area contributed by atoms with Crippen LogP contribution in [0, 0.1) is 11.8 Å². The molecule has 0 spiro atoms. The average Bonchev–Trinajstić information content (AvgIpc) is 3.53. The number of nitrogens with zero attached hydrogens (tertiary/aromatic N) is 4. The van der Waals surface area contributed by atoms with Crippen molar-refractivity contribution < 1.29 is 23.4 Å². The minimum absolute atomic E-state index is 0.0508. The van der Waals surface area contributed by atoms with Crippen molar-refractivity contribution >= 4 is 40.7 Å². The number of likely N-dealkylation sites (tertiary alicyclic amines) is 1. The average molecular weight is 507 g/mol. The van der Waals surface area contributed by atoms with Gasteiger partial charge in [-0.1, -0.05) is 16.8 Å². The fourth-order valence-electron chi connectivity index (χ4n) is 5.99. The van der Waals surface area contributed by atoms with E-state index >= 15 is 0 Å². The molecule has 0 aromatic carbocycles. The number of halogens is 1. The van der Waals surface area contributed by atoms with E-state index in [0.717, 1.165) is 24.3 Å². The molecular weight excluding hydrogens is 478 g/mol. The third-order valence-corrected chi connectivity index (χ3v) is 8.57. The van der Waals surface area contributed by atoms with E-state index in [1.807, 2.05) is 32.3 Å². The van der Waals surface area contributed by atoms with Crippen LogP contribution in [0.1, 0.15) is 31.0 Å². The molecule has 5 rings (SSSR count). The number of likely N-dealkylation sites (N-methyl/N-ethyl adjacent to an activating group) is 1. The van der Waals surface area contributed by atoms with Crippen LogP contribution in [0.2, 0.25) is 4.34 Å². The smallest absolute Gasteiger partial charge is 0.272 e. The number of nitrogens with two attached hydrogens (primary N) is 1. The van der Waals surface area contributed by atoms with Crippen LogP contribution in [0.5, 0.6) is 0 Å². The number of thiophene rings is 1. The third-order valence-electron chi connectivity index (χ3n) is 7.32. The first kappa shape index (κ1) is 23.5. The molecule has 3 amide bonds. The highest BCUT2D eigenvalue weighted by molar-refractivity contribution is 7.19. The fraction of sp³-hybridized carbons (Fsp3) is 0.565. The van der Waals surface area contributed by atoms with Crippen LogP contribution in [-0.4, -0.2) is 83.5 Å². The number of hydrogen-bond acceptors (Lipinski definition) is 7. The molecule has 3 fully saturated rings. The minimum Gasteiger partial charge on any atom is -0.365 e. The first-order valence-electron chi connectivity index (χ1n) is 11.6. The highest BCUT2D eigenvalue weighted by atomic mass is 35.5. The van der Waals surface area contributed by atoms with Crippen LogP contribution in [0.25, 0.3) is 10.6 Å². The second-order valence-electron chi connectivity index (χ2n) is 10.1. The zero-order valence-corrected chi connectivity index (χ0v) is 20.8.